The van der Waals surface area contributed by atoms with Crippen molar-refractivity contribution in [2.24, 2.45) is 11.1 Å². The Bertz CT molecular complexity index is 502. The van der Waals surface area contributed by atoms with E-state index >= 15 is 0 Å². The van der Waals surface area contributed by atoms with E-state index in [1.54, 1.807) is 12.1 Å². The molecule has 4 nitrogen and oxygen atoms in total. The Kier molecular flexibility index (Phi) is 5.06. The summed E-state index contributed by atoms with van der Waals surface area (Å²) in [6.45, 7) is 7.37. The van der Waals surface area contributed by atoms with Crippen LogP contribution in [0.5, 0.6) is 0 Å². The number of piperidine rings is 1. The lowest BCUT2D eigenvalue weighted by molar-refractivity contribution is -0.135. The monoisotopic (exact) mass is 307 g/mol. The van der Waals surface area contributed by atoms with Gasteiger partial charge in [0.2, 0.25) is 5.91 Å². The van der Waals surface area contributed by atoms with Crippen molar-refractivity contribution in [3.05, 3.63) is 30.1 Å². The molecule has 0 radical (unpaired) electrons. The standard InChI is InChI=1S/C17H26FN3O/c1-17(2,3)15(19)16(22)21-10-8-14(9-11-21)20-13-6-4-12(18)5-7-13/h4-7,14-15,20H,8-11,19H2,1-3H3/t15-/m1/s1. The molecule has 0 spiro atoms. The summed E-state index contributed by atoms with van der Waals surface area (Å²) < 4.78 is 12.9. The van der Waals surface area contributed by atoms with E-state index in [1.807, 2.05) is 25.7 Å². The average Bonchev–Trinajstić information content (AvgIpc) is 2.48. The average molecular weight is 307 g/mol. The topological polar surface area (TPSA) is 58.4 Å². The molecule has 2 rings (SSSR count). The number of carbonyl (C=O) groups is 1. The fourth-order valence-corrected chi connectivity index (χ4v) is 2.59. The van der Waals surface area contributed by atoms with Gasteiger partial charge in [-0.05, 0) is 42.5 Å². The fraction of sp³-hybridized carbons (Fsp3) is 0.588. The Balaban J connectivity index is 1.85. The Hall–Kier alpha value is -1.62. The molecular formula is C17H26FN3O. The highest BCUT2D eigenvalue weighted by molar-refractivity contribution is 5.82. The van der Waals surface area contributed by atoms with E-state index in [4.69, 9.17) is 5.73 Å². The number of anilines is 1. The van der Waals surface area contributed by atoms with E-state index in [-0.39, 0.29) is 17.1 Å². The van der Waals surface area contributed by atoms with E-state index < -0.39 is 6.04 Å². The molecule has 0 aromatic heterocycles. The normalized spacial score (nSPS) is 18.1. The SMILES string of the molecule is CC(C)(C)[C@H](N)C(=O)N1CCC(Nc2ccc(F)cc2)CC1. The molecule has 22 heavy (non-hydrogen) atoms. The van der Waals surface area contributed by atoms with Gasteiger partial charge in [0, 0.05) is 24.8 Å². The first-order valence-corrected chi connectivity index (χ1v) is 7.84. The number of carbonyl (C=O) groups excluding carboxylic acids is 1. The molecule has 0 unspecified atom stereocenters. The highest BCUT2D eigenvalue weighted by atomic mass is 19.1. The lowest BCUT2D eigenvalue weighted by Crippen LogP contribution is -2.53. The zero-order valence-electron chi connectivity index (χ0n) is 13.6. The number of nitrogens with two attached hydrogens (primary N) is 1. The summed E-state index contributed by atoms with van der Waals surface area (Å²) in [6.07, 6.45) is 1.75. The minimum atomic E-state index is -0.464. The Labute approximate surface area is 131 Å². The number of nitrogens with one attached hydrogen (secondary N) is 1. The lowest BCUT2D eigenvalue weighted by Gasteiger charge is -2.37. The molecule has 1 heterocycles. The molecule has 1 saturated heterocycles. The largest absolute Gasteiger partial charge is 0.382 e. The quantitative estimate of drug-likeness (QED) is 0.902. The first kappa shape index (κ1) is 16.7. The van der Waals surface area contributed by atoms with Crippen molar-refractivity contribution in [1.29, 1.82) is 0 Å². The van der Waals surface area contributed by atoms with Gasteiger partial charge in [-0.25, -0.2) is 4.39 Å². The van der Waals surface area contributed by atoms with Crippen molar-refractivity contribution in [3.63, 3.8) is 0 Å². The number of amides is 1. The van der Waals surface area contributed by atoms with Crippen LogP contribution in [0, 0.1) is 11.2 Å². The molecule has 1 amide bonds. The number of hydrogen-bond acceptors (Lipinski definition) is 3. The molecular weight excluding hydrogens is 281 g/mol. The van der Waals surface area contributed by atoms with Gasteiger partial charge in [0.15, 0.2) is 0 Å². The summed E-state index contributed by atoms with van der Waals surface area (Å²) in [5, 5.41) is 3.39. The number of hydrogen-bond donors (Lipinski definition) is 2. The van der Waals surface area contributed by atoms with Gasteiger partial charge in [-0.2, -0.15) is 0 Å². The molecule has 1 aliphatic heterocycles. The minimum absolute atomic E-state index is 0.0349. The van der Waals surface area contributed by atoms with Crippen molar-refractivity contribution < 1.29 is 9.18 Å². The molecule has 5 heteroatoms. The Morgan fingerprint density at radius 2 is 1.82 bits per heavy atom. The van der Waals surface area contributed by atoms with Gasteiger partial charge < -0.3 is 16.0 Å². The molecule has 0 saturated carbocycles. The van der Waals surface area contributed by atoms with Crippen molar-refractivity contribution in [1.82, 2.24) is 4.90 Å². The van der Waals surface area contributed by atoms with Gasteiger partial charge in [-0.15, -0.1) is 0 Å². The minimum Gasteiger partial charge on any atom is -0.382 e. The van der Waals surface area contributed by atoms with E-state index in [0.717, 1.165) is 18.5 Å². The second kappa shape index (κ2) is 6.65. The van der Waals surface area contributed by atoms with Crippen molar-refractivity contribution in [2.75, 3.05) is 18.4 Å². The zero-order chi connectivity index (χ0) is 16.3. The third kappa shape index (κ3) is 4.19. The molecule has 3 N–H and O–H groups in total. The molecule has 0 aliphatic carbocycles. The van der Waals surface area contributed by atoms with Crippen LogP contribution in [-0.2, 0) is 4.79 Å². The highest BCUT2D eigenvalue weighted by Crippen LogP contribution is 2.22. The van der Waals surface area contributed by atoms with Gasteiger partial charge in [-0.3, -0.25) is 4.79 Å². The third-order valence-corrected chi connectivity index (χ3v) is 4.22. The summed E-state index contributed by atoms with van der Waals surface area (Å²) in [5.74, 6) is -0.199. The van der Waals surface area contributed by atoms with Gasteiger partial charge in [0.05, 0.1) is 6.04 Å². The van der Waals surface area contributed by atoms with Crippen molar-refractivity contribution in [3.8, 4) is 0 Å². The van der Waals surface area contributed by atoms with Gasteiger partial charge in [0.1, 0.15) is 5.82 Å². The number of benzene rings is 1. The Morgan fingerprint density at radius 3 is 2.32 bits per heavy atom. The summed E-state index contributed by atoms with van der Waals surface area (Å²) >= 11 is 0. The maximum Gasteiger partial charge on any atom is 0.240 e. The predicted octanol–water partition coefficient (Wildman–Crippen LogP) is 2.60. The first-order valence-electron chi connectivity index (χ1n) is 7.84. The van der Waals surface area contributed by atoms with Crippen LogP contribution in [-0.4, -0.2) is 36.0 Å². The van der Waals surface area contributed by atoms with Crippen LogP contribution in [0.25, 0.3) is 0 Å². The first-order chi connectivity index (χ1) is 10.3. The van der Waals surface area contributed by atoms with Crippen LogP contribution in [0.3, 0.4) is 0 Å². The maximum absolute atomic E-state index is 12.9. The predicted molar refractivity (Wildman–Crippen MR) is 87.1 cm³/mol. The molecule has 1 aromatic rings. The number of likely N-dealkylation sites (tertiary alicyclic amines) is 1. The second-order valence-electron chi connectivity index (χ2n) is 7.09. The number of nitrogens with zero attached hydrogens (tertiary/aromatic N) is 1. The van der Waals surface area contributed by atoms with Crippen molar-refractivity contribution in [2.45, 2.75) is 45.7 Å². The highest BCUT2D eigenvalue weighted by Gasteiger charge is 2.32. The van der Waals surface area contributed by atoms with Crippen LogP contribution in [0.15, 0.2) is 24.3 Å². The van der Waals surface area contributed by atoms with Gasteiger partial charge in [-0.1, -0.05) is 20.8 Å². The molecule has 122 valence electrons. The van der Waals surface area contributed by atoms with Crippen LogP contribution in [0.4, 0.5) is 10.1 Å². The summed E-state index contributed by atoms with van der Waals surface area (Å²) in [7, 11) is 0. The zero-order valence-corrected chi connectivity index (χ0v) is 13.6. The van der Waals surface area contributed by atoms with Crippen LogP contribution < -0.4 is 11.1 Å². The smallest absolute Gasteiger partial charge is 0.240 e. The van der Waals surface area contributed by atoms with Crippen LogP contribution >= 0.6 is 0 Å². The van der Waals surface area contributed by atoms with Crippen LogP contribution in [0.2, 0.25) is 0 Å². The van der Waals surface area contributed by atoms with E-state index in [0.29, 0.717) is 19.1 Å². The molecule has 1 aromatic carbocycles. The van der Waals surface area contributed by atoms with E-state index in [9.17, 15) is 9.18 Å². The third-order valence-electron chi connectivity index (χ3n) is 4.22. The van der Waals surface area contributed by atoms with Crippen LogP contribution in [0.1, 0.15) is 33.6 Å². The lowest BCUT2D eigenvalue weighted by atomic mass is 9.86. The Morgan fingerprint density at radius 1 is 1.27 bits per heavy atom. The van der Waals surface area contributed by atoms with E-state index in [1.165, 1.54) is 12.1 Å². The molecule has 0 bridgehead atoms. The van der Waals surface area contributed by atoms with E-state index in [2.05, 4.69) is 5.32 Å². The summed E-state index contributed by atoms with van der Waals surface area (Å²) in [6, 6.07) is 6.21. The number of rotatable bonds is 3. The summed E-state index contributed by atoms with van der Waals surface area (Å²) in [5.41, 5.74) is 6.75. The van der Waals surface area contributed by atoms with Gasteiger partial charge >= 0.3 is 0 Å². The fourth-order valence-electron chi connectivity index (χ4n) is 2.59. The second-order valence-corrected chi connectivity index (χ2v) is 7.09. The summed E-state index contributed by atoms with van der Waals surface area (Å²) in [4.78, 5) is 14.2. The molecule has 1 aliphatic rings. The maximum atomic E-state index is 12.9. The number of halogens is 1. The van der Waals surface area contributed by atoms with Crippen molar-refractivity contribution >= 4 is 11.6 Å². The van der Waals surface area contributed by atoms with Gasteiger partial charge in [0.25, 0.3) is 0 Å². The molecule has 1 fully saturated rings. The molecule has 1 atom stereocenters.